The highest BCUT2D eigenvalue weighted by molar-refractivity contribution is 5.80. The number of allylic oxidation sites excluding steroid dienone is 9. The molecule has 0 saturated carbocycles. The average Bonchev–Trinajstić information content (AvgIpc) is 3.38. The monoisotopic (exact) mass is 1020 g/mol. The molecule has 0 radical (unpaired) electrons. The lowest BCUT2D eigenvalue weighted by Crippen LogP contribution is -2.61. The van der Waals surface area contributed by atoms with Crippen molar-refractivity contribution >= 4 is 11.9 Å². The van der Waals surface area contributed by atoms with Gasteiger partial charge in [-0.25, -0.2) is 0 Å². The largest absolute Gasteiger partial charge is 0.454 e. The van der Waals surface area contributed by atoms with Gasteiger partial charge in [-0.3, -0.25) is 9.59 Å². The molecule has 0 aromatic rings. The van der Waals surface area contributed by atoms with Crippen molar-refractivity contribution in [3.63, 3.8) is 0 Å². The number of carbonyl (C=O) groups excluding carboxylic acids is 2. The van der Waals surface area contributed by atoms with E-state index in [-0.39, 0.29) is 19.4 Å². The van der Waals surface area contributed by atoms with E-state index in [2.05, 4.69) is 74.7 Å². The summed E-state index contributed by atoms with van der Waals surface area (Å²) < 4.78 is 17.5. The first-order chi connectivity index (χ1) is 35.2. The average molecular weight is 1020 g/mol. The number of carbonyl (C=O) groups is 2. The fourth-order valence-corrected chi connectivity index (χ4v) is 8.95. The van der Waals surface area contributed by atoms with Gasteiger partial charge in [0.15, 0.2) is 12.4 Å². The highest BCUT2D eigenvalue weighted by Gasteiger charge is 2.47. The summed E-state index contributed by atoms with van der Waals surface area (Å²) in [5, 5.41) is 56.8. The molecule has 11 nitrogen and oxygen atoms in total. The lowest BCUT2D eigenvalue weighted by molar-refractivity contribution is -0.305. The molecule has 1 aliphatic heterocycles. The Morgan fingerprint density at radius 3 is 1.51 bits per heavy atom. The van der Waals surface area contributed by atoms with Gasteiger partial charge in [0.2, 0.25) is 5.91 Å². The molecule has 0 spiro atoms. The van der Waals surface area contributed by atoms with Crippen LogP contribution in [-0.4, -0.2) is 99.6 Å². The molecule has 72 heavy (non-hydrogen) atoms. The lowest BCUT2D eigenvalue weighted by Gasteiger charge is -2.41. The van der Waals surface area contributed by atoms with Gasteiger partial charge in [0.05, 0.1) is 25.4 Å². The van der Waals surface area contributed by atoms with Crippen LogP contribution in [-0.2, 0) is 23.8 Å². The van der Waals surface area contributed by atoms with Crippen LogP contribution in [0.2, 0.25) is 0 Å². The van der Waals surface area contributed by atoms with E-state index >= 15 is 0 Å². The molecule has 1 fully saturated rings. The van der Waals surface area contributed by atoms with E-state index in [1.807, 2.05) is 6.08 Å². The van der Waals surface area contributed by atoms with Crippen LogP contribution >= 0.6 is 0 Å². The van der Waals surface area contributed by atoms with E-state index in [0.717, 1.165) is 89.9 Å². The fourth-order valence-electron chi connectivity index (χ4n) is 8.95. The van der Waals surface area contributed by atoms with Crippen molar-refractivity contribution in [3.8, 4) is 0 Å². The van der Waals surface area contributed by atoms with Crippen LogP contribution in [0.3, 0.4) is 0 Å². The van der Waals surface area contributed by atoms with Crippen molar-refractivity contribution < 1.29 is 49.3 Å². The van der Waals surface area contributed by atoms with Crippen LogP contribution < -0.4 is 5.32 Å². The van der Waals surface area contributed by atoms with E-state index < -0.39 is 67.4 Å². The Kier molecular flexibility index (Phi) is 46.1. The predicted octanol–water partition coefficient (Wildman–Crippen LogP) is 13.4. The van der Waals surface area contributed by atoms with Crippen LogP contribution in [0, 0.1) is 0 Å². The van der Waals surface area contributed by atoms with Crippen LogP contribution in [0.5, 0.6) is 0 Å². The topological polar surface area (TPSA) is 175 Å². The fraction of sp³-hybridized carbons (Fsp3) is 0.803. The molecule has 1 amide bonds. The van der Waals surface area contributed by atoms with Gasteiger partial charge in [-0.1, -0.05) is 223 Å². The number of amides is 1. The van der Waals surface area contributed by atoms with Gasteiger partial charge < -0.3 is 45.1 Å². The molecule has 0 bridgehead atoms. The van der Waals surface area contributed by atoms with Crippen molar-refractivity contribution in [3.05, 3.63) is 60.8 Å². The van der Waals surface area contributed by atoms with Gasteiger partial charge >= 0.3 is 5.97 Å². The third-order valence-electron chi connectivity index (χ3n) is 13.7. The summed E-state index contributed by atoms with van der Waals surface area (Å²) in [5.74, 6) is -1.22. The maximum Gasteiger partial charge on any atom is 0.306 e. The number of nitrogens with one attached hydrogen (secondary N) is 1. The Morgan fingerprint density at radius 2 is 1.00 bits per heavy atom. The lowest BCUT2D eigenvalue weighted by atomic mass is 9.99. The molecule has 0 aromatic carbocycles. The van der Waals surface area contributed by atoms with Crippen LogP contribution in [0.1, 0.15) is 252 Å². The van der Waals surface area contributed by atoms with Gasteiger partial charge in [-0.15, -0.1) is 0 Å². The highest BCUT2D eigenvalue weighted by atomic mass is 16.7. The zero-order valence-corrected chi connectivity index (χ0v) is 46.0. The summed E-state index contributed by atoms with van der Waals surface area (Å²) in [4.78, 5) is 26.5. The standard InChI is InChI=1S/C61H109NO10/c1-4-7-10-13-16-19-22-24-26-27-28-29-30-33-36-39-42-45-48-54(65)60(69)62-52(53(64)47-44-41-38-35-32-21-18-15-12-9-6-3)51-70-61-59(58(68)57(67)55(50-63)71-61)72-56(66)49-46-43-40-37-34-31-25-23-20-17-14-11-8-5-2/h8,11,17,20,24-26,31,44,47,52-55,57-59,61,63-65,67-68H,4-7,9-10,12-16,18-19,21-23,27-30,32-43,45-46,48-51H2,1-3H3,(H,62,69)/b11-8+,20-17+,26-24+,31-25+,47-44+. The summed E-state index contributed by atoms with van der Waals surface area (Å²) in [7, 11) is 0. The van der Waals surface area contributed by atoms with Gasteiger partial charge in [0.1, 0.15) is 24.4 Å². The quantitative estimate of drug-likeness (QED) is 0.0195. The molecule has 1 aliphatic rings. The molecule has 0 aliphatic carbocycles. The maximum absolute atomic E-state index is 13.4. The molecule has 1 heterocycles. The molecule has 11 heteroatoms. The van der Waals surface area contributed by atoms with E-state index in [1.54, 1.807) is 6.08 Å². The first-order valence-electron chi connectivity index (χ1n) is 29.6. The molecule has 1 rings (SSSR count). The minimum atomic E-state index is -1.62. The second-order valence-corrected chi connectivity index (χ2v) is 20.3. The Balaban J connectivity index is 2.70. The van der Waals surface area contributed by atoms with Crippen LogP contribution in [0.25, 0.3) is 0 Å². The highest BCUT2D eigenvalue weighted by Crippen LogP contribution is 2.26. The molecule has 418 valence electrons. The van der Waals surface area contributed by atoms with E-state index in [0.29, 0.717) is 12.8 Å². The first kappa shape index (κ1) is 67.4. The van der Waals surface area contributed by atoms with Gasteiger partial charge in [0, 0.05) is 6.42 Å². The number of hydrogen-bond acceptors (Lipinski definition) is 10. The summed E-state index contributed by atoms with van der Waals surface area (Å²) in [6.07, 6.45) is 49.8. The Hall–Kier alpha value is -2.64. The van der Waals surface area contributed by atoms with Crippen molar-refractivity contribution in [1.29, 1.82) is 0 Å². The van der Waals surface area contributed by atoms with Crippen molar-refractivity contribution in [1.82, 2.24) is 5.32 Å². The molecular weight excluding hydrogens is 907 g/mol. The maximum atomic E-state index is 13.4. The molecular formula is C61H109NO10. The van der Waals surface area contributed by atoms with Gasteiger partial charge in [0.25, 0.3) is 0 Å². The second-order valence-electron chi connectivity index (χ2n) is 20.3. The normalized spacial score (nSPS) is 19.9. The van der Waals surface area contributed by atoms with Crippen molar-refractivity contribution in [2.24, 2.45) is 0 Å². The number of hydrogen-bond donors (Lipinski definition) is 6. The number of aliphatic hydroxyl groups excluding tert-OH is 5. The summed E-state index contributed by atoms with van der Waals surface area (Å²) >= 11 is 0. The molecule has 8 unspecified atom stereocenters. The number of unbranched alkanes of at least 4 members (excludes halogenated alkanes) is 27. The number of esters is 1. The second kappa shape index (κ2) is 49.2. The number of aliphatic hydroxyl groups is 5. The van der Waals surface area contributed by atoms with E-state index in [9.17, 15) is 35.1 Å². The third kappa shape index (κ3) is 37.1. The Labute approximate surface area is 439 Å². The minimum Gasteiger partial charge on any atom is -0.454 e. The number of rotatable bonds is 49. The van der Waals surface area contributed by atoms with Crippen molar-refractivity contribution in [2.45, 2.75) is 301 Å². The van der Waals surface area contributed by atoms with Gasteiger partial charge in [-0.2, -0.15) is 0 Å². The van der Waals surface area contributed by atoms with Crippen LogP contribution in [0.4, 0.5) is 0 Å². The Morgan fingerprint density at radius 1 is 0.556 bits per heavy atom. The van der Waals surface area contributed by atoms with Crippen molar-refractivity contribution in [2.75, 3.05) is 13.2 Å². The summed E-state index contributed by atoms with van der Waals surface area (Å²) in [6.45, 7) is 5.64. The van der Waals surface area contributed by atoms with E-state index in [1.165, 1.54) is 116 Å². The first-order valence-corrected chi connectivity index (χ1v) is 29.6. The summed E-state index contributed by atoms with van der Waals surface area (Å²) in [5.41, 5.74) is 0. The SMILES string of the molecule is CC/C=C/C/C=C/C/C=C/CCCCCCC(=O)OC1C(OCC(NC(=O)C(O)CCCCCCCCCC/C=C/CCCCCCCC)C(O)/C=C/CCCCCCCCCCC)OC(CO)C(O)C1O. The third-order valence-corrected chi connectivity index (χ3v) is 13.7. The zero-order valence-electron chi connectivity index (χ0n) is 46.0. The predicted molar refractivity (Wildman–Crippen MR) is 296 cm³/mol. The van der Waals surface area contributed by atoms with Gasteiger partial charge in [-0.05, 0) is 83.5 Å². The smallest absolute Gasteiger partial charge is 0.306 e. The number of ether oxygens (including phenoxy) is 3. The molecule has 6 N–H and O–H groups in total. The Bertz CT molecular complexity index is 1400. The zero-order chi connectivity index (χ0) is 52.5. The molecule has 8 atom stereocenters. The van der Waals surface area contributed by atoms with E-state index in [4.69, 9.17) is 14.2 Å². The van der Waals surface area contributed by atoms with Crippen LogP contribution in [0.15, 0.2) is 60.8 Å². The minimum absolute atomic E-state index is 0.0963. The molecule has 0 aromatic heterocycles. The molecule has 1 saturated heterocycles. The summed E-state index contributed by atoms with van der Waals surface area (Å²) in [6, 6.07) is -1.03.